The van der Waals surface area contributed by atoms with Crippen molar-refractivity contribution in [2.45, 2.75) is 45.2 Å². The number of benzene rings is 1. The summed E-state index contributed by atoms with van der Waals surface area (Å²) in [5, 5.41) is 10.3. The minimum Gasteiger partial charge on any atom is -0.351 e. The predicted molar refractivity (Wildman–Crippen MR) is 84.5 cm³/mol. The van der Waals surface area contributed by atoms with Gasteiger partial charge in [0, 0.05) is 11.6 Å². The van der Waals surface area contributed by atoms with Crippen LogP contribution in [0.25, 0.3) is 0 Å². The summed E-state index contributed by atoms with van der Waals surface area (Å²) in [7, 11) is 0. The number of nitrogens with one attached hydrogen (secondary N) is 1. The monoisotopic (exact) mass is 334 g/mol. The lowest BCUT2D eigenvalue weighted by Gasteiger charge is -2.26. The molecule has 0 saturated carbocycles. The van der Waals surface area contributed by atoms with Crippen molar-refractivity contribution in [2.24, 2.45) is 5.41 Å². The Morgan fingerprint density at radius 3 is 2.46 bits per heavy atom. The van der Waals surface area contributed by atoms with Crippen LogP contribution in [-0.4, -0.2) is 26.9 Å². The van der Waals surface area contributed by atoms with Crippen molar-refractivity contribution in [3.05, 3.63) is 47.8 Å². The lowest BCUT2D eigenvalue weighted by Crippen LogP contribution is -2.36. The molecule has 0 radical (unpaired) electrons. The van der Waals surface area contributed by atoms with E-state index in [0.29, 0.717) is 6.42 Å². The number of hydrogen-bond donors (Lipinski definition) is 1. The smallest absolute Gasteiger partial charge is 0.318 e. The summed E-state index contributed by atoms with van der Waals surface area (Å²) < 4.78 is 30.3. The number of nitrogens with zero attached hydrogens (tertiary/aromatic N) is 3. The fourth-order valence-electron chi connectivity index (χ4n) is 2.82. The number of rotatable bonds is 3. The van der Waals surface area contributed by atoms with Gasteiger partial charge in [-0.1, -0.05) is 56.3 Å². The molecule has 3 rings (SSSR count). The van der Waals surface area contributed by atoms with Crippen LogP contribution in [0.5, 0.6) is 0 Å². The quantitative estimate of drug-likeness (QED) is 0.939. The molecule has 1 aliphatic heterocycles. The van der Waals surface area contributed by atoms with E-state index in [0.717, 1.165) is 0 Å². The molecule has 2 heterocycles. The lowest BCUT2D eigenvalue weighted by atomic mass is 9.85. The summed E-state index contributed by atoms with van der Waals surface area (Å²) in [6.07, 6.45) is 1.67. The second-order valence-corrected chi connectivity index (χ2v) is 7.20. The van der Waals surface area contributed by atoms with E-state index in [4.69, 9.17) is 0 Å². The summed E-state index contributed by atoms with van der Waals surface area (Å²) >= 11 is 0. The molecule has 1 aromatic heterocycles. The number of halogens is 2. The zero-order chi connectivity index (χ0) is 17.5. The number of amides is 1. The molecule has 2 unspecified atom stereocenters. The lowest BCUT2D eigenvalue weighted by molar-refractivity contribution is -0.122. The highest BCUT2D eigenvalue weighted by atomic mass is 19.3. The maximum atomic E-state index is 14.5. The second kappa shape index (κ2) is 5.65. The minimum atomic E-state index is -3.25. The Morgan fingerprint density at radius 1 is 1.21 bits per heavy atom. The maximum absolute atomic E-state index is 14.5. The van der Waals surface area contributed by atoms with Crippen LogP contribution in [0.2, 0.25) is 0 Å². The van der Waals surface area contributed by atoms with Crippen LogP contribution in [0, 0.1) is 5.41 Å². The van der Waals surface area contributed by atoms with Gasteiger partial charge in [0.2, 0.25) is 5.91 Å². The molecule has 1 N–H and O–H groups in total. The molecule has 0 spiro atoms. The molecule has 0 bridgehead atoms. The zero-order valence-corrected chi connectivity index (χ0v) is 13.8. The summed E-state index contributed by atoms with van der Waals surface area (Å²) in [6.45, 7) is 6.07. The number of carbonyl (C=O) groups is 1. The minimum absolute atomic E-state index is 0.0303. The molecule has 1 aromatic carbocycles. The van der Waals surface area contributed by atoms with Gasteiger partial charge in [-0.2, -0.15) is 8.78 Å². The number of hydrogen-bond acceptors (Lipinski definition) is 3. The van der Waals surface area contributed by atoms with Gasteiger partial charge in [0.15, 0.2) is 5.69 Å². The van der Waals surface area contributed by atoms with Gasteiger partial charge >= 0.3 is 5.92 Å². The normalized spacial score (nSPS) is 21.8. The molecule has 1 amide bonds. The Morgan fingerprint density at radius 2 is 1.88 bits per heavy atom. The third-order valence-electron chi connectivity index (χ3n) is 4.41. The van der Waals surface area contributed by atoms with Crippen LogP contribution in [0.1, 0.15) is 44.5 Å². The Labute approximate surface area is 139 Å². The van der Waals surface area contributed by atoms with E-state index < -0.39 is 17.7 Å². The van der Waals surface area contributed by atoms with Crippen LogP contribution in [0.15, 0.2) is 36.5 Å². The fraction of sp³-hybridized carbons (Fsp3) is 0.471. The van der Waals surface area contributed by atoms with Gasteiger partial charge in [0.25, 0.3) is 0 Å². The molecule has 7 heteroatoms. The van der Waals surface area contributed by atoms with E-state index in [1.807, 2.05) is 20.8 Å². The van der Waals surface area contributed by atoms with Crippen LogP contribution in [0.4, 0.5) is 8.78 Å². The molecule has 24 heavy (non-hydrogen) atoms. The highest BCUT2D eigenvalue weighted by Crippen LogP contribution is 2.36. The summed E-state index contributed by atoms with van der Waals surface area (Å²) in [4.78, 5) is 12.2. The van der Waals surface area contributed by atoms with Crippen LogP contribution >= 0.6 is 0 Å². The van der Waals surface area contributed by atoms with Crippen molar-refractivity contribution in [3.63, 3.8) is 0 Å². The number of carbonyl (C=O) groups excluding carboxylic acids is 1. The highest BCUT2D eigenvalue weighted by Gasteiger charge is 2.42. The van der Waals surface area contributed by atoms with Crippen molar-refractivity contribution in [2.75, 3.05) is 0 Å². The third kappa shape index (κ3) is 2.90. The van der Waals surface area contributed by atoms with Gasteiger partial charge < -0.3 is 5.32 Å². The van der Waals surface area contributed by atoms with Crippen molar-refractivity contribution >= 4 is 5.91 Å². The number of alkyl halides is 2. The Bertz CT molecular complexity index is 737. The largest absolute Gasteiger partial charge is 0.351 e. The second-order valence-electron chi connectivity index (χ2n) is 7.20. The molecular formula is C17H20F2N4O. The first-order valence-electron chi connectivity index (χ1n) is 7.85. The van der Waals surface area contributed by atoms with Crippen LogP contribution in [-0.2, 0) is 10.7 Å². The topological polar surface area (TPSA) is 59.8 Å². The van der Waals surface area contributed by atoms with Crippen molar-refractivity contribution < 1.29 is 13.6 Å². The first-order valence-corrected chi connectivity index (χ1v) is 7.85. The maximum Gasteiger partial charge on any atom is 0.318 e. The Balaban J connectivity index is 1.85. The van der Waals surface area contributed by atoms with Crippen molar-refractivity contribution in [1.29, 1.82) is 0 Å². The summed E-state index contributed by atoms with van der Waals surface area (Å²) in [5.41, 5.74) is -0.719. The fourth-order valence-corrected chi connectivity index (χ4v) is 2.82. The first-order chi connectivity index (χ1) is 11.2. The molecule has 2 atom stereocenters. The summed E-state index contributed by atoms with van der Waals surface area (Å²) in [6, 6.07) is 6.82. The molecule has 1 aliphatic rings. The average molecular weight is 334 g/mol. The van der Waals surface area contributed by atoms with E-state index in [-0.39, 0.29) is 22.9 Å². The van der Waals surface area contributed by atoms with Crippen molar-refractivity contribution in [1.82, 2.24) is 20.3 Å². The van der Waals surface area contributed by atoms with Gasteiger partial charge in [0.05, 0.1) is 6.20 Å². The first kappa shape index (κ1) is 16.5. The molecular weight excluding hydrogens is 314 g/mol. The molecule has 2 aromatic rings. The van der Waals surface area contributed by atoms with Crippen molar-refractivity contribution in [3.8, 4) is 0 Å². The van der Waals surface area contributed by atoms with E-state index in [2.05, 4.69) is 15.6 Å². The molecule has 5 nitrogen and oxygen atoms in total. The average Bonchev–Trinajstić information content (AvgIpc) is 3.14. The predicted octanol–water partition coefficient (Wildman–Crippen LogP) is 2.89. The van der Waals surface area contributed by atoms with Gasteiger partial charge in [-0.05, 0) is 11.8 Å². The molecule has 1 saturated heterocycles. The molecule has 0 aliphatic carbocycles. The highest BCUT2D eigenvalue weighted by molar-refractivity contribution is 5.82. The van der Waals surface area contributed by atoms with E-state index in [1.54, 1.807) is 18.2 Å². The standard InChI is InChI=1S/C17H20F2N4O/c1-16(2,3)13-9-12(15(24)20-13)23-10-14(21-22-23)17(18,19)11-7-5-4-6-8-11/h4-8,10,12-13H,9H2,1-3H3,(H,20,24). The Kier molecular flexibility index (Phi) is 3.89. The Hall–Kier alpha value is -2.31. The van der Waals surface area contributed by atoms with Gasteiger partial charge in [-0.3, -0.25) is 4.79 Å². The summed E-state index contributed by atoms with van der Waals surface area (Å²) in [5.74, 6) is -3.47. The van der Waals surface area contributed by atoms with E-state index in [1.165, 1.54) is 23.0 Å². The zero-order valence-electron chi connectivity index (χ0n) is 13.8. The van der Waals surface area contributed by atoms with Gasteiger partial charge in [0.1, 0.15) is 6.04 Å². The van der Waals surface area contributed by atoms with Crippen LogP contribution < -0.4 is 5.32 Å². The van der Waals surface area contributed by atoms with Crippen LogP contribution in [0.3, 0.4) is 0 Å². The van der Waals surface area contributed by atoms with E-state index >= 15 is 0 Å². The van der Waals surface area contributed by atoms with Gasteiger partial charge in [-0.25, -0.2) is 4.68 Å². The van der Waals surface area contributed by atoms with Gasteiger partial charge in [-0.15, -0.1) is 5.10 Å². The third-order valence-corrected chi connectivity index (χ3v) is 4.41. The molecule has 1 fully saturated rings. The van der Waals surface area contributed by atoms with E-state index in [9.17, 15) is 13.6 Å². The SMILES string of the molecule is CC(C)(C)C1CC(n2cc(C(F)(F)c3ccccc3)nn2)C(=O)N1. The molecule has 128 valence electrons. The number of aromatic nitrogens is 3.